The van der Waals surface area contributed by atoms with Crippen molar-refractivity contribution in [2.45, 2.75) is 25.9 Å². The van der Waals surface area contributed by atoms with E-state index in [4.69, 9.17) is 5.26 Å². The lowest BCUT2D eigenvalue weighted by atomic mass is 10.1. The molecule has 4 heteroatoms. The van der Waals surface area contributed by atoms with Gasteiger partial charge in [0, 0.05) is 12.6 Å². The second kappa shape index (κ2) is 7.10. The van der Waals surface area contributed by atoms with Gasteiger partial charge in [0.05, 0.1) is 11.6 Å². The molecule has 1 atom stereocenters. The van der Waals surface area contributed by atoms with E-state index in [1.807, 2.05) is 20.2 Å². The molecule has 0 heterocycles. The zero-order valence-corrected chi connectivity index (χ0v) is 11.2. The van der Waals surface area contributed by atoms with Crippen LogP contribution in [0.25, 0.3) is 0 Å². The van der Waals surface area contributed by atoms with Gasteiger partial charge in [-0.25, -0.2) is 4.39 Å². The molecule has 1 unspecified atom stereocenters. The summed E-state index contributed by atoms with van der Waals surface area (Å²) < 4.78 is 13.2. The fourth-order valence-corrected chi connectivity index (χ4v) is 1.66. The Morgan fingerprint density at radius 3 is 2.72 bits per heavy atom. The number of nitriles is 1. The van der Waals surface area contributed by atoms with Gasteiger partial charge in [-0.3, -0.25) is 0 Å². The molecule has 1 aromatic rings. The van der Waals surface area contributed by atoms with Crippen LogP contribution < -0.4 is 5.32 Å². The summed E-state index contributed by atoms with van der Waals surface area (Å²) in [7, 11) is 4.08. The smallest absolute Gasteiger partial charge is 0.124 e. The van der Waals surface area contributed by atoms with Crippen LogP contribution in [0.1, 0.15) is 24.5 Å². The Morgan fingerprint density at radius 1 is 1.39 bits per heavy atom. The number of nitrogens with zero attached hydrogens (tertiary/aromatic N) is 2. The Hall–Kier alpha value is -1.44. The molecule has 0 radical (unpaired) electrons. The molecule has 0 aliphatic heterocycles. The highest BCUT2D eigenvalue weighted by Crippen LogP contribution is 2.08. The topological polar surface area (TPSA) is 39.1 Å². The van der Waals surface area contributed by atoms with E-state index in [1.165, 1.54) is 12.1 Å². The first kappa shape index (κ1) is 14.6. The predicted molar refractivity (Wildman–Crippen MR) is 70.6 cm³/mol. The van der Waals surface area contributed by atoms with E-state index < -0.39 is 0 Å². The Labute approximate surface area is 108 Å². The lowest BCUT2D eigenvalue weighted by Gasteiger charge is -2.16. The van der Waals surface area contributed by atoms with Crippen molar-refractivity contribution in [3.8, 4) is 6.07 Å². The third-order valence-electron chi connectivity index (χ3n) is 2.75. The van der Waals surface area contributed by atoms with Crippen LogP contribution in [0.2, 0.25) is 0 Å². The predicted octanol–water partition coefficient (Wildman–Crippen LogP) is 2.13. The lowest BCUT2D eigenvalue weighted by molar-refractivity contribution is 0.365. The summed E-state index contributed by atoms with van der Waals surface area (Å²) in [4.78, 5) is 2.13. The molecule has 18 heavy (non-hydrogen) atoms. The molecule has 0 aromatic heterocycles. The van der Waals surface area contributed by atoms with Crippen LogP contribution in [0, 0.1) is 17.1 Å². The van der Waals surface area contributed by atoms with Crippen LogP contribution in [0.4, 0.5) is 4.39 Å². The first-order valence-electron chi connectivity index (χ1n) is 6.09. The molecule has 0 spiro atoms. The number of nitrogens with one attached hydrogen (secondary N) is 1. The lowest BCUT2D eigenvalue weighted by Crippen LogP contribution is -2.29. The van der Waals surface area contributed by atoms with E-state index >= 15 is 0 Å². The van der Waals surface area contributed by atoms with Crippen molar-refractivity contribution in [1.82, 2.24) is 10.2 Å². The average molecular weight is 249 g/mol. The fraction of sp³-hybridized carbons (Fsp3) is 0.500. The van der Waals surface area contributed by atoms with Gasteiger partial charge in [-0.15, -0.1) is 0 Å². The Kier molecular flexibility index (Phi) is 5.76. The SMILES string of the molecule is CC(CCN(C)C)NCc1cc(F)cc(C#N)c1. The first-order chi connectivity index (χ1) is 8.51. The van der Waals surface area contributed by atoms with Crippen LogP contribution in [0.3, 0.4) is 0 Å². The molecule has 98 valence electrons. The van der Waals surface area contributed by atoms with Crippen molar-refractivity contribution in [1.29, 1.82) is 5.26 Å². The molecular formula is C14H20FN3. The van der Waals surface area contributed by atoms with Gasteiger partial charge < -0.3 is 10.2 Å². The zero-order chi connectivity index (χ0) is 13.5. The number of hydrogen-bond donors (Lipinski definition) is 1. The van der Waals surface area contributed by atoms with Crippen molar-refractivity contribution in [2.75, 3.05) is 20.6 Å². The van der Waals surface area contributed by atoms with E-state index in [2.05, 4.69) is 17.1 Å². The monoisotopic (exact) mass is 249 g/mol. The second-order valence-electron chi connectivity index (χ2n) is 4.83. The van der Waals surface area contributed by atoms with E-state index in [9.17, 15) is 4.39 Å². The molecule has 0 fully saturated rings. The van der Waals surface area contributed by atoms with Crippen molar-refractivity contribution in [2.24, 2.45) is 0 Å². The van der Waals surface area contributed by atoms with Crippen LogP contribution in [0.5, 0.6) is 0 Å². The molecular weight excluding hydrogens is 229 g/mol. The normalized spacial score (nSPS) is 12.4. The Morgan fingerprint density at radius 2 is 2.11 bits per heavy atom. The molecule has 0 saturated heterocycles. The number of benzene rings is 1. The van der Waals surface area contributed by atoms with Gasteiger partial charge in [-0.2, -0.15) is 5.26 Å². The molecule has 0 bridgehead atoms. The van der Waals surface area contributed by atoms with Crippen LogP contribution >= 0.6 is 0 Å². The molecule has 1 N–H and O–H groups in total. The van der Waals surface area contributed by atoms with Crippen LogP contribution in [-0.2, 0) is 6.54 Å². The average Bonchev–Trinajstić information content (AvgIpc) is 2.33. The quantitative estimate of drug-likeness (QED) is 0.839. The molecule has 0 saturated carbocycles. The van der Waals surface area contributed by atoms with Gasteiger partial charge >= 0.3 is 0 Å². The van der Waals surface area contributed by atoms with Gasteiger partial charge in [0.2, 0.25) is 0 Å². The van der Waals surface area contributed by atoms with Gasteiger partial charge in [-0.1, -0.05) is 0 Å². The van der Waals surface area contributed by atoms with Gasteiger partial charge in [0.15, 0.2) is 0 Å². The molecule has 0 aliphatic rings. The zero-order valence-electron chi connectivity index (χ0n) is 11.2. The second-order valence-corrected chi connectivity index (χ2v) is 4.83. The third kappa shape index (κ3) is 5.26. The number of halogens is 1. The third-order valence-corrected chi connectivity index (χ3v) is 2.75. The van der Waals surface area contributed by atoms with E-state index in [0.29, 0.717) is 18.2 Å². The molecule has 0 aliphatic carbocycles. The van der Waals surface area contributed by atoms with Crippen molar-refractivity contribution >= 4 is 0 Å². The summed E-state index contributed by atoms with van der Waals surface area (Å²) in [5.74, 6) is -0.355. The Balaban J connectivity index is 2.48. The minimum absolute atomic E-state index is 0.355. The maximum atomic E-state index is 13.2. The van der Waals surface area contributed by atoms with Crippen LogP contribution in [0.15, 0.2) is 18.2 Å². The molecule has 1 aromatic carbocycles. The maximum Gasteiger partial charge on any atom is 0.124 e. The van der Waals surface area contributed by atoms with Gasteiger partial charge in [0.1, 0.15) is 5.82 Å². The van der Waals surface area contributed by atoms with E-state index in [0.717, 1.165) is 18.5 Å². The largest absolute Gasteiger partial charge is 0.310 e. The van der Waals surface area contributed by atoms with E-state index in [-0.39, 0.29) is 5.82 Å². The molecule has 1 rings (SSSR count). The summed E-state index contributed by atoms with van der Waals surface area (Å²) in [6.45, 7) is 3.70. The summed E-state index contributed by atoms with van der Waals surface area (Å²) in [5, 5.41) is 12.1. The first-order valence-corrected chi connectivity index (χ1v) is 6.09. The fourth-order valence-electron chi connectivity index (χ4n) is 1.66. The summed E-state index contributed by atoms with van der Waals surface area (Å²) >= 11 is 0. The molecule has 3 nitrogen and oxygen atoms in total. The van der Waals surface area contributed by atoms with Crippen molar-refractivity contribution < 1.29 is 4.39 Å². The number of hydrogen-bond acceptors (Lipinski definition) is 3. The van der Waals surface area contributed by atoms with Gasteiger partial charge in [0.25, 0.3) is 0 Å². The minimum atomic E-state index is -0.355. The highest BCUT2D eigenvalue weighted by Gasteiger charge is 2.04. The minimum Gasteiger partial charge on any atom is -0.310 e. The summed E-state index contributed by atoms with van der Waals surface area (Å²) in [5.41, 5.74) is 1.18. The van der Waals surface area contributed by atoms with E-state index in [1.54, 1.807) is 6.07 Å². The van der Waals surface area contributed by atoms with Crippen molar-refractivity contribution in [3.05, 3.63) is 35.1 Å². The van der Waals surface area contributed by atoms with Crippen molar-refractivity contribution in [3.63, 3.8) is 0 Å². The highest BCUT2D eigenvalue weighted by molar-refractivity contribution is 5.33. The molecule has 0 amide bonds. The summed E-state index contributed by atoms with van der Waals surface area (Å²) in [6, 6.07) is 6.75. The standard InChI is InChI=1S/C14H20FN3/c1-11(4-5-18(2)3)17-10-13-6-12(9-16)7-14(15)8-13/h6-8,11,17H,4-5,10H2,1-3H3. The number of rotatable bonds is 6. The Bertz CT molecular complexity index is 424. The van der Waals surface area contributed by atoms with Crippen LogP contribution in [-0.4, -0.2) is 31.6 Å². The highest BCUT2D eigenvalue weighted by atomic mass is 19.1. The van der Waals surface area contributed by atoms with Gasteiger partial charge in [-0.05, 0) is 57.7 Å². The summed E-state index contributed by atoms with van der Waals surface area (Å²) in [6.07, 6.45) is 1.04. The maximum absolute atomic E-state index is 13.2.